The molecule has 17 heavy (non-hydrogen) atoms. The number of fused-ring (bicyclic) bond motifs is 1. The summed E-state index contributed by atoms with van der Waals surface area (Å²) in [4.78, 5) is 4.28. The highest BCUT2D eigenvalue weighted by atomic mass is 79.9. The number of aliphatic hydroxyl groups excluding tert-OH is 1. The zero-order chi connectivity index (χ0) is 12.3. The standard InChI is InChI=1S/C12H12BrNO3/c1-16-11-5-8-4-9(13)7-14-10(8)6-12(11)17-3-2-15/h4-7,15H,2-3H2,1H3. The molecule has 1 heterocycles. The van der Waals surface area contributed by atoms with Crippen molar-refractivity contribution in [3.63, 3.8) is 0 Å². The number of methoxy groups -OCH3 is 1. The van der Waals surface area contributed by atoms with Gasteiger partial charge in [0.25, 0.3) is 0 Å². The van der Waals surface area contributed by atoms with Crippen LogP contribution in [0.1, 0.15) is 0 Å². The summed E-state index contributed by atoms with van der Waals surface area (Å²) in [5, 5.41) is 9.72. The minimum absolute atomic E-state index is 0.0328. The largest absolute Gasteiger partial charge is 0.493 e. The van der Waals surface area contributed by atoms with Crippen molar-refractivity contribution in [3.05, 3.63) is 28.9 Å². The number of benzene rings is 1. The molecule has 0 unspecified atom stereocenters. The van der Waals surface area contributed by atoms with Gasteiger partial charge < -0.3 is 14.6 Å². The van der Waals surface area contributed by atoms with Crippen molar-refractivity contribution in [1.29, 1.82) is 0 Å². The van der Waals surface area contributed by atoms with E-state index in [-0.39, 0.29) is 13.2 Å². The monoisotopic (exact) mass is 297 g/mol. The van der Waals surface area contributed by atoms with Crippen molar-refractivity contribution < 1.29 is 14.6 Å². The average molecular weight is 298 g/mol. The van der Waals surface area contributed by atoms with E-state index in [2.05, 4.69) is 20.9 Å². The lowest BCUT2D eigenvalue weighted by molar-refractivity contribution is 0.196. The molecule has 0 aliphatic heterocycles. The molecule has 0 fully saturated rings. The Bertz CT molecular complexity index is 530. The lowest BCUT2D eigenvalue weighted by atomic mass is 10.2. The van der Waals surface area contributed by atoms with Crippen LogP contribution in [0.25, 0.3) is 10.9 Å². The summed E-state index contributed by atoms with van der Waals surface area (Å²) in [5.41, 5.74) is 0.821. The molecule has 0 spiro atoms. The first-order valence-corrected chi connectivity index (χ1v) is 5.91. The number of ether oxygens (including phenoxy) is 2. The molecule has 0 aliphatic carbocycles. The summed E-state index contributed by atoms with van der Waals surface area (Å²) in [6, 6.07) is 5.62. The molecule has 0 amide bonds. The smallest absolute Gasteiger partial charge is 0.163 e. The van der Waals surface area contributed by atoms with Gasteiger partial charge in [0.05, 0.1) is 19.2 Å². The van der Waals surface area contributed by atoms with Gasteiger partial charge >= 0.3 is 0 Å². The highest BCUT2D eigenvalue weighted by molar-refractivity contribution is 9.10. The molecule has 0 atom stereocenters. The van der Waals surface area contributed by atoms with E-state index in [9.17, 15) is 0 Å². The Balaban J connectivity index is 2.48. The molecule has 5 heteroatoms. The van der Waals surface area contributed by atoms with Crippen LogP contribution in [0.3, 0.4) is 0 Å². The number of halogens is 1. The lowest BCUT2D eigenvalue weighted by Crippen LogP contribution is -2.03. The topological polar surface area (TPSA) is 51.6 Å². The van der Waals surface area contributed by atoms with Gasteiger partial charge in [-0.2, -0.15) is 0 Å². The zero-order valence-electron chi connectivity index (χ0n) is 9.31. The molecule has 0 saturated heterocycles. The van der Waals surface area contributed by atoms with E-state index in [1.807, 2.05) is 12.1 Å². The number of aromatic nitrogens is 1. The molecule has 1 aromatic heterocycles. The van der Waals surface area contributed by atoms with Crippen LogP contribution in [0.5, 0.6) is 11.5 Å². The van der Waals surface area contributed by atoms with Gasteiger partial charge in [-0.15, -0.1) is 0 Å². The zero-order valence-corrected chi connectivity index (χ0v) is 10.9. The number of rotatable bonds is 4. The van der Waals surface area contributed by atoms with Crippen molar-refractivity contribution >= 4 is 26.8 Å². The fraction of sp³-hybridized carbons (Fsp3) is 0.250. The third-order valence-corrected chi connectivity index (χ3v) is 2.72. The summed E-state index contributed by atoms with van der Waals surface area (Å²) >= 11 is 3.37. The molecule has 0 saturated carbocycles. The number of nitrogens with zero attached hydrogens (tertiary/aromatic N) is 1. The third-order valence-electron chi connectivity index (χ3n) is 2.28. The Morgan fingerprint density at radius 3 is 2.82 bits per heavy atom. The van der Waals surface area contributed by atoms with Crippen molar-refractivity contribution in [3.8, 4) is 11.5 Å². The van der Waals surface area contributed by atoms with Crippen LogP contribution >= 0.6 is 15.9 Å². The molecule has 0 bridgehead atoms. The predicted octanol–water partition coefficient (Wildman–Crippen LogP) is 2.38. The van der Waals surface area contributed by atoms with Gasteiger partial charge in [-0.1, -0.05) is 0 Å². The third kappa shape index (κ3) is 2.68. The van der Waals surface area contributed by atoms with Crippen molar-refractivity contribution in [2.45, 2.75) is 0 Å². The predicted molar refractivity (Wildman–Crippen MR) is 68.6 cm³/mol. The van der Waals surface area contributed by atoms with Gasteiger partial charge in [-0.25, -0.2) is 0 Å². The molecular weight excluding hydrogens is 286 g/mol. The second-order valence-corrected chi connectivity index (χ2v) is 4.34. The van der Waals surface area contributed by atoms with Gasteiger partial charge in [0, 0.05) is 22.1 Å². The van der Waals surface area contributed by atoms with E-state index >= 15 is 0 Å². The van der Waals surface area contributed by atoms with E-state index < -0.39 is 0 Å². The van der Waals surface area contributed by atoms with Crippen molar-refractivity contribution in [2.75, 3.05) is 20.3 Å². The summed E-state index contributed by atoms with van der Waals surface area (Å²) in [6.45, 7) is 0.202. The first kappa shape index (κ1) is 12.1. The van der Waals surface area contributed by atoms with Gasteiger partial charge in [-0.3, -0.25) is 4.98 Å². The number of hydrogen-bond donors (Lipinski definition) is 1. The minimum atomic E-state index is -0.0328. The summed E-state index contributed by atoms with van der Waals surface area (Å²) in [5.74, 6) is 1.22. The average Bonchev–Trinajstić information content (AvgIpc) is 2.35. The van der Waals surface area contributed by atoms with Gasteiger partial charge in [0.15, 0.2) is 11.5 Å². The first-order chi connectivity index (χ1) is 8.24. The maximum atomic E-state index is 8.75. The highest BCUT2D eigenvalue weighted by Gasteiger charge is 2.07. The number of pyridine rings is 1. The van der Waals surface area contributed by atoms with Crippen LogP contribution in [-0.4, -0.2) is 30.4 Å². The molecule has 2 aromatic rings. The molecule has 0 radical (unpaired) electrons. The number of aliphatic hydroxyl groups is 1. The van der Waals surface area contributed by atoms with Crippen LogP contribution in [0.15, 0.2) is 28.9 Å². The Morgan fingerprint density at radius 1 is 1.29 bits per heavy atom. The molecule has 1 N–H and O–H groups in total. The molecular formula is C12H12BrNO3. The van der Waals surface area contributed by atoms with E-state index in [0.29, 0.717) is 11.5 Å². The van der Waals surface area contributed by atoms with Gasteiger partial charge in [0.1, 0.15) is 6.61 Å². The Kier molecular flexibility index (Phi) is 3.81. The van der Waals surface area contributed by atoms with Crippen LogP contribution in [0.2, 0.25) is 0 Å². The number of hydrogen-bond acceptors (Lipinski definition) is 4. The SMILES string of the molecule is COc1cc2cc(Br)cnc2cc1OCCO. The van der Waals surface area contributed by atoms with Crippen LogP contribution in [0.4, 0.5) is 0 Å². The fourth-order valence-corrected chi connectivity index (χ4v) is 1.89. The summed E-state index contributed by atoms with van der Waals surface area (Å²) in [6.07, 6.45) is 1.73. The lowest BCUT2D eigenvalue weighted by Gasteiger charge is -2.10. The summed E-state index contributed by atoms with van der Waals surface area (Å²) < 4.78 is 11.5. The normalized spacial score (nSPS) is 10.5. The maximum absolute atomic E-state index is 8.75. The van der Waals surface area contributed by atoms with E-state index in [1.54, 1.807) is 19.4 Å². The van der Waals surface area contributed by atoms with E-state index in [0.717, 1.165) is 15.4 Å². The molecule has 2 rings (SSSR count). The quantitative estimate of drug-likeness (QED) is 0.941. The Hall–Kier alpha value is -1.33. The highest BCUT2D eigenvalue weighted by Crippen LogP contribution is 2.32. The van der Waals surface area contributed by atoms with Gasteiger partial charge in [0.2, 0.25) is 0 Å². The van der Waals surface area contributed by atoms with Crippen LogP contribution in [-0.2, 0) is 0 Å². The van der Waals surface area contributed by atoms with Gasteiger partial charge in [-0.05, 0) is 28.1 Å². The van der Waals surface area contributed by atoms with Crippen LogP contribution in [0, 0.1) is 0 Å². The summed E-state index contributed by atoms with van der Waals surface area (Å²) in [7, 11) is 1.58. The Labute approximate surface area is 107 Å². The first-order valence-electron chi connectivity index (χ1n) is 5.11. The van der Waals surface area contributed by atoms with E-state index in [4.69, 9.17) is 14.6 Å². The maximum Gasteiger partial charge on any atom is 0.163 e. The van der Waals surface area contributed by atoms with Crippen LogP contribution < -0.4 is 9.47 Å². The second kappa shape index (κ2) is 5.33. The van der Waals surface area contributed by atoms with Crippen molar-refractivity contribution in [1.82, 2.24) is 4.98 Å². The molecule has 4 nitrogen and oxygen atoms in total. The van der Waals surface area contributed by atoms with Crippen molar-refractivity contribution in [2.24, 2.45) is 0 Å². The van der Waals surface area contributed by atoms with E-state index in [1.165, 1.54) is 0 Å². The second-order valence-electron chi connectivity index (χ2n) is 3.42. The molecule has 1 aromatic carbocycles. The minimum Gasteiger partial charge on any atom is -0.493 e. The Morgan fingerprint density at radius 2 is 2.12 bits per heavy atom. The fourth-order valence-electron chi connectivity index (χ4n) is 1.54. The molecule has 0 aliphatic rings. The molecule has 90 valence electrons.